The van der Waals surface area contributed by atoms with Crippen molar-refractivity contribution < 1.29 is 14.3 Å². The summed E-state index contributed by atoms with van der Waals surface area (Å²) in [5, 5.41) is 5.45. The SMILES string of the molecule is COc1cccc(NC(=O)/C=C/c2ccc(NC(C)=O)cc2)c1. The molecule has 5 heteroatoms. The maximum Gasteiger partial charge on any atom is 0.248 e. The monoisotopic (exact) mass is 310 g/mol. The highest BCUT2D eigenvalue weighted by Gasteiger charge is 2.00. The molecule has 0 heterocycles. The number of rotatable bonds is 5. The van der Waals surface area contributed by atoms with Gasteiger partial charge in [-0.25, -0.2) is 0 Å². The van der Waals surface area contributed by atoms with E-state index in [-0.39, 0.29) is 11.8 Å². The molecule has 2 N–H and O–H groups in total. The number of carbonyl (C=O) groups is 2. The molecule has 23 heavy (non-hydrogen) atoms. The van der Waals surface area contributed by atoms with Crippen LogP contribution in [0, 0.1) is 0 Å². The molecule has 5 nitrogen and oxygen atoms in total. The van der Waals surface area contributed by atoms with E-state index in [2.05, 4.69) is 10.6 Å². The van der Waals surface area contributed by atoms with Gasteiger partial charge in [-0.1, -0.05) is 18.2 Å². The lowest BCUT2D eigenvalue weighted by Gasteiger charge is -2.04. The van der Waals surface area contributed by atoms with Crippen LogP contribution < -0.4 is 15.4 Å². The molecule has 2 rings (SSSR count). The van der Waals surface area contributed by atoms with Crippen LogP contribution in [0.25, 0.3) is 6.08 Å². The average Bonchev–Trinajstić information content (AvgIpc) is 2.54. The Bertz CT molecular complexity index is 721. The van der Waals surface area contributed by atoms with Crippen LogP contribution in [0.1, 0.15) is 12.5 Å². The molecule has 0 aliphatic heterocycles. The van der Waals surface area contributed by atoms with Gasteiger partial charge in [0.1, 0.15) is 5.75 Å². The molecule has 0 spiro atoms. The summed E-state index contributed by atoms with van der Waals surface area (Å²) in [5.74, 6) is 0.329. The van der Waals surface area contributed by atoms with Gasteiger partial charge in [0.05, 0.1) is 7.11 Å². The van der Waals surface area contributed by atoms with E-state index in [9.17, 15) is 9.59 Å². The molecule has 0 saturated carbocycles. The van der Waals surface area contributed by atoms with Crippen molar-refractivity contribution in [1.29, 1.82) is 0 Å². The van der Waals surface area contributed by atoms with Crippen molar-refractivity contribution in [2.75, 3.05) is 17.7 Å². The molecular formula is C18H18N2O3. The van der Waals surface area contributed by atoms with E-state index in [4.69, 9.17) is 4.74 Å². The third-order valence-corrected chi connectivity index (χ3v) is 3.00. The minimum Gasteiger partial charge on any atom is -0.497 e. The zero-order valence-electron chi connectivity index (χ0n) is 13.0. The predicted octanol–water partition coefficient (Wildman–Crippen LogP) is 3.31. The Labute approximate surface area is 135 Å². The van der Waals surface area contributed by atoms with Crippen molar-refractivity contribution in [2.24, 2.45) is 0 Å². The quantitative estimate of drug-likeness (QED) is 0.833. The van der Waals surface area contributed by atoms with Crippen LogP contribution in [0.3, 0.4) is 0 Å². The molecule has 0 aromatic heterocycles. The molecule has 0 aliphatic carbocycles. The van der Waals surface area contributed by atoms with Crippen LogP contribution in [-0.2, 0) is 9.59 Å². The number of hydrogen-bond acceptors (Lipinski definition) is 3. The van der Waals surface area contributed by atoms with Gasteiger partial charge in [-0.15, -0.1) is 0 Å². The molecule has 0 fully saturated rings. The summed E-state index contributed by atoms with van der Waals surface area (Å²) in [6.45, 7) is 1.46. The van der Waals surface area contributed by atoms with Crippen molar-refractivity contribution in [3.05, 3.63) is 60.2 Å². The molecule has 0 aliphatic rings. The first-order chi connectivity index (χ1) is 11.1. The van der Waals surface area contributed by atoms with E-state index >= 15 is 0 Å². The molecule has 2 aromatic rings. The maximum atomic E-state index is 11.9. The van der Waals surface area contributed by atoms with Crippen LogP contribution in [0.5, 0.6) is 5.75 Å². The van der Waals surface area contributed by atoms with E-state index < -0.39 is 0 Å². The third-order valence-electron chi connectivity index (χ3n) is 3.00. The van der Waals surface area contributed by atoms with Crippen molar-refractivity contribution in [3.63, 3.8) is 0 Å². The summed E-state index contributed by atoms with van der Waals surface area (Å²) >= 11 is 0. The largest absolute Gasteiger partial charge is 0.497 e. The maximum absolute atomic E-state index is 11.9. The lowest BCUT2D eigenvalue weighted by Crippen LogP contribution is -2.07. The molecular weight excluding hydrogens is 292 g/mol. The van der Waals surface area contributed by atoms with Crippen molar-refractivity contribution in [1.82, 2.24) is 0 Å². The zero-order chi connectivity index (χ0) is 16.7. The molecule has 0 atom stereocenters. The van der Waals surface area contributed by atoms with Gasteiger partial charge < -0.3 is 15.4 Å². The fourth-order valence-electron chi connectivity index (χ4n) is 1.94. The van der Waals surface area contributed by atoms with Gasteiger partial charge in [-0.2, -0.15) is 0 Å². The first-order valence-corrected chi connectivity index (χ1v) is 7.07. The summed E-state index contributed by atoms with van der Waals surface area (Å²) in [4.78, 5) is 22.8. The molecule has 2 amide bonds. The zero-order valence-corrected chi connectivity index (χ0v) is 13.0. The lowest BCUT2D eigenvalue weighted by molar-refractivity contribution is -0.114. The summed E-state index contributed by atoms with van der Waals surface area (Å²) in [7, 11) is 1.57. The summed E-state index contributed by atoms with van der Waals surface area (Å²) in [6.07, 6.45) is 3.15. The number of benzene rings is 2. The second kappa shape index (κ2) is 7.79. The topological polar surface area (TPSA) is 67.4 Å². The Balaban J connectivity index is 1.96. The highest BCUT2D eigenvalue weighted by molar-refractivity contribution is 6.02. The van der Waals surface area contributed by atoms with Crippen molar-refractivity contribution in [3.8, 4) is 5.75 Å². The molecule has 0 saturated heterocycles. The van der Waals surface area contributed by atoms with E-state index in [1.54, 1.807) is 43.5 Å². The van der Waals surface area contributed by atoms with Crippen LogP contribution >= 0.6 is 0 Å². The van der Waals surface area contributed by atoms with Gasteiger partial charge in [-0.05, 0) is 35.9 Å². The Morgan fingerprint density at radius 2 is 1.74 bits per heavy atom. The summed E-state index contributed by atoms with van der Waals surface area (Å²) in [6, 6.07) is 14.3. The Morgan fingerprint density at radius 1 is 1.00 bits per heavy atom. The Kier molecular flexibility index (Phi) is 5.52. The van der Waals surface area contributed by atoms with Gasteiger partial charge in [0.2, 0.25) is 11.8 Å². The van der Waals surface area contributed by atoms with Crippen molar-refractivity contribution >= 4 is 29.3 Å². The van der Waals surface area contributed by atoms with E-state index in [1.165, 1.54) is 13.0 Å². The van der Waals surface area contributed by atoms with Crippen LogP contribution in [0.4, 0.5) is 11.4 Å². The fraction of sp³-hybridized carbons (Fsp3) is 0.111. The molecule has 2 aromatic carbocycles. The Morgan fingerprint density at radius 3 is 2.39 bits per heavy atom. The van der Waals surface area contributed by atoms with Gasteiger partial charge in [0, 0.05) is 30.4 Å². The predicted molar refractivity (Wildman–Crippen MR) is 91.4 cm³/mol. The smallest absolute Gasteiger partial charge is 0.248 e. The van der Waals surface area contributed by atoms with Gasteiger partial charge >= 0.3 is 0 Å². The van der Waals surface area contributed by atoms with Crippen LogP contribution in [0.15, 0.2) is 54.6 Å². The minimum atomic E-state index is -0.232. The second-order valence-electron chi connectivity index (χ2n) is 4.86. The second-order valence-corrected chi connectivity index (χ2v) is 4.86. The third kappa shape index (κ3) is 5.32. The van der Waals surface area contributed by atoms with Crippen LogP contribution in [-0.4, -0.2) is 18.9 Å². The fourth-order valence-corrected chi connectivity index (χ4v) is 1.94. The van der Waals surface area contributed by atoms with E-state index in [0.29, 0.717) is 11.4 Å². The standard InChI is InChI=1S/C18H18N2O3/c1-13(21)19-15-9-6-14(7-10-15)8-11-18(22)20-16-4-3-5-17(12-16)23-2/h3-12H,1-2H3,(H,19,21)(H,20,22)/b11-8+. The summed E-state index contributed by atoms with van der Waals surface area (Å²) in [5.41, 5.74) is 2.25. The lowest BCUT2D eigenvalue weighted by atomic mass is 10.2. The number of nitrogens with one attached hydrogen (secondary N) is 2. The molecule has 118 valence electrons. The molecule has 0 bridgehead atoms. The first-order valence-electron chi connectivity index (χ1n) is 7.07. The molecule has 0 unspecified atom stereocenters. The number of ether oxygens (including phenoxy) is 1. The number of amides is 2. The van der Waals surface area contributed by atoms with E-state index in [0.717, 1.165) is 11.3 Å². The van der Waals surface area contributed by atoms with Crippen molar-refractivity contribution in [2.45, 2.75) is 6.92 Å². The van der Waals surface area contributed by atoms with Gasteiger partial charge in [0.25, 0.3) is 0 Å². The number of anilines is 2. The number of methoxy groups -OCH3 is 1. The van der Waals surface area contributed by atoms with Crippen LogP contribution in [0.2, 0.25) is 0 Å². The first kappa shape index (κ1) is 16.3. The normalized spacial score (nSPS) is 10.3. The minimum absolute atomic E-state index is 0.119. The summed E-state index contributed by atoms with van der Waals surface area (Å²) < 4.78 is 5.11. The highest BCUT2D eigenvalue weighted by atomic mass is 16.5. The molecule has 0 radical (unpaired) electrons. The number of hydrogen-bond donors (Lipinski definition) is 2. The highest BCUT2D eigenvalue weighted by Crippen LogP contribution is 2.17. The van der Waals surface area contributed by atoms with E-state index in [1.807, 2.05) is 18.2 Å². The number of carbonyl (C=O) groups excluding carboxylic acids is 2. The van der Waals surface area contributed by atoms with Gasteiger partial charge in [-0.3, -0.25) is 9.59 Å². The average molecular weight is 310 g/mol. The Hall–Kier alpha value is -3.08. The van der Waals surface area contributed by atoms with Gasteiger partial charge in [0.15, 0.2) is 0 Å².